The van der Waals surface area contributed by atoms with Gasteiger partial charge < -0.3 is 9.64 Å². The van der Waals surface area contributed by atoms with E-state index in [-0.39, 0.29) is 24.0 Å². The highest BCUT2D eigenvalue weighted by Gasteiger charge is 2.43. The summed E-state index contributed by atoms with van der Waals surface area (Å²) in [6.07, 6.45) is 1.09. The van der Waals surface area contributed by atoms with Crippen molar-refractivity contribution in [3.8, 4) is 0 Å². The van der Waals surface area contributed by atoms with Gasteiger partial charge in [-0.2, -0.15) is 0 Å². The van der Waals surface area contributed by atoms with Crippen LogP contribution in [-0.2, 0) is 20.9 Å². The molecule has 5 heteroatoms. The highest BCUT2D eigenvalue weighted by Crippen LogP contribution is 2.42. The molecule has 1 saturated heterocycles. The molecular weight excluding hydrogens is 238 g/mol. The molecule has 2 aliphatic rings. The smallest absolute Gasteiger partial charge is 0.303 e. The molecule has 2 aliphatic heterocycles. The second-order valence-electron chi connectivity index (χ2n) is 4.47. The van der Waals surface area contributed by atoms with E-state index in [0.29, 0.717) is 13.0 Å². The number of esters is 1. The van der Waals surface area contributed by atoms with E-state index < -0.39 is 0 Å². The number of carbonyl (C=O) groups excluding carboxylic acids is 2. The Hall–Kier alpha value is -1.36. The molecule has 0 N–H and O–H groups in total. The molecule has 1 aromatic rings. The number of fused-ring (bicyclic) bond motifs is 2. The second kappa shape index (κ2) is 3.84. The van der Waals surface area contributed by atoms with E-state index in [4.69, 9.17) is 4.74 Å². The zero-order valence-corrected chi connectivity index (χ0v) is 10.3. The maximum absolute atomic E-state index is 11.8. The molecule has 0 bridgehead atoms. The summed E-state index contributed by atoms with van der Waals surface area (Å²) in [5, 5.41) is 1.99. The molecule has 0 radical (unpaired) electrons. The third kappa shape index (κ3) is 1.65. The third-order valence-electron chi connectivity index (χ3n) is 3.40. The van der Waals surface area contributed by atoms with Crippen LogP contribution in [0.25, 0.3) is 0 Å². The summed E-state index contributed by atoms with van der Waals surface area (Å²) in [6.45, 7) is 2.09. The first-order valence-electron chi connectivity index (χ1n) is 5.70. The van der Waals surface area contributed by atoms with E-state index in [1.54, 1.807) is 11.3 Å². The summed E-state index contributed by atoms with van der Waals surface area (Å²) < 4.78 is 5.42. The standard InChI is InChI=1S/C12H13NO3S/c1-7(14)16-11-9-2-3-10(15)13(9)6-8-4-5-17-12(8)11/h4-5,9,11H,2-3,6H2,1H3/t9-,11-/m0/s1. The molecule has 0 unspecified atom stereocenters. The number of ether oxygens (including phenoxy) is 1. The number of thiophene rings is 1. The predicted molar refractivity (Wildman–Crippen MR) is 62.4 cm³/mol. The first kappa shape index (κ1) is 10.8. The van der Waals surface area contributed by atoms with Crippen molar-refractivity contribution in [1.82, 2.24) is 4.90 Å². The number of hydrogen-bond acceptors (Lipinski definition) is 4. The summed E-state index contributed by atoms with van der Waals surface area (Å²) in [6, 6.07) is 2.05. The van der Waals surface area contributed by atoms with Crippen molar-refractivity contribution in [3.05, 3.63) is 21.9 Å². The van der Waals surface area contributed by atoms with Gasteiger partial charge in [-0.15, -0.1) is 11.3 Å². The summed E-state index contributed by atoms with van der Waals surface area (Å²) in [7, 11) is 0. The van der Waals surface area contributed by atoms with Crippen LogP contribution in [0.5, 0.6) is 0 Å². The van der Waals surface area contributed by atoms with Gasteiger partial charge in [0.25, 0.3) is 0 Å². The van der Waals surface area contributed by atoms with Gasteiger partial charge in [0.1, 0.15) is 0 Å². The minimum Gasteiger partial charge on any atom is -0.455 e. The fourth-order valence-corrected chi connectivity index (χ4v) is 3.67. The second-order valence-corrected chi connectivity index (χ2v) is 5.42. The molecule has 0 spiro atoms. The van der Waals surface area contributed by atoms with Crippen LogP contribution in [0.4, 0.5) is 0 Å². The molecule has 17 heavy (non-hydrogen) atoms. The number of amides is 1. The number of nitrogens with zero attached hydrogens (tertiary/aromatic N) is 1. The predicted octanol–water partition coefficient (Wildman–Crippen LogP) is 1.86. The normalized spacial score (nSPS) is 26.6. The van der Waals surface area contributed by atoms with Crippen molar-refractivity contribution in [2.45, 2.75) is 38.5 Å². The maximum atomic E-state index is 11.8. The highest BCUT2D eigenvalue weighted by atomic mass is 32.1. The van der Waals surface area contributed by atoms with Crippen LogP contribution in [0.15, 0.2) is 11.4 Å². The highest BCUT2D eigenvalue weighted by molar-refractivity contribution is 7.10. The van der Waals surface area contributed by atoms with Crippen LogP contribution in [-0.4, -0.2) is 22.8 Å². The lowest BCUT2D eigenvalue weighted by Gasteiger charge is -2.35. The largest absolute Gasteiger partial charge is 0.455 e. The Morgan fingerprint density at radius 2 is 2.41 bits per heavy atom. The molecule has 0 saturated carbocycles. The minimum atomic E-state index is -0.282. The molecule has 1 fully saturated rings. The molecular formula is C12H13NO3S. The van der Waals surface area contributed by atoms with Crippen molar-refractivity contribution < 1.29 is 14.3 Å². The van der Waals surface area contributed by atoms with Gasteiger partial charge in [0.15, 0.2) is 6.10 Å². The molecule has 90 valence electrons. The fourth-order valence-electron chi connectivity index (χ4n) is 2.67. The number of carbonyl (C=O) groups is 2. The van der Waals surface area contributed by atoms with Crippen LogP contribution in [0, 0.1) is 0 Å². The van der Waals surface area contributed by atoms with E-state index in [1.165, 1.54) is 6.92 Å². The molecule has 3 rings (SSSR count). The molecule has 0 aromatic carbocycles. The summed E-state index contributed by atoms with van der Waals surface area (Å²) in [4.78, 5) is 25.9. The minimum absolute atomic E-state index is 0.0394. The summed E-state index contributed by atoms with van der Waals surface area (Å²) in [5.41, 5.74) is 1.12. The topological polar surface area (TPSA) is 46.6 Å². The van der Waals surface area contributed by atoms with E-state index in [1.807, 2.05) is 16.3 Å². The average Bonchev–Trinajstić information content (AvgIpc) is 2.86. The maximum Gasteiger partial charge on any atom is 0.303 e. The first-order chi connectivity index (χ1) is 8.16. The Balaban J connectivity index is 1.99. The Bertz CT molecular complexity index is 482. The summed E-state index contributed by atoms with van der Waals surface area (Å²) in [5.74, 6) is -0.112. The Morgan fingerprint density at radius 3 is 3.18 bits per heavy atom. The number of hydrogen-bond donors (Lipinski definition) is 0. The summed E-state index contributed by atoms with van der Waals surface area (Å²) >= 11 is 1.61. The van der Waals surface area contributed by atoms with E-state index in [0.717, 1.165) is 16.9 Å². The average molecular weight is 251 g/mol. The van der Waals surface area contributed by atoms with Gasteiger partial charge in [-0.25, -0.2) is 0 Å². The quantitative estimate of drug-likeness (QED) is 0.716. The molecule has 4 nitrogen and oxygen atoms in total. The fraction of sp³-hybridized carbons (Fsp3) is 0.500. The zero-order valence-electron chi connectivity index (χ0n) is 9.51. The van der Waals surface area contributed by atoms with Gasteiger partial charge in [0.2, 0.25) is 5.91 Å². The molecule has 1 amide bonds. The van der Waals surface area contributed by atoms with Crippen LogP contribution in [0.2, 0.25) is 0 Å². The van der Waals surface area contributed by atoms with Gasteiger partial charge in [0.05, 0.1) is 10.9 Å². The molecule has 3 heterocycles. The van der Waals surface area contributed by atoms with Crippen molar-refractivity contribution >= 4 is 23.2 Å². The van der Waals surface area contributed by atoms with Crippen molar-refractivity contribution in [2.75, 3.05) is 0 Å². The van der Waals surface area contributed by atoms with Gasteiger partial charge in [0, 0.05) is 19.9 Å². The lowest BCUT2D eigenvalue weighted by Crippen LogP contribution is -2.41. The van der Waals surface area contributed by atoms with Gasteiger partial charge in [-0.3, -0.25) is 9.59 Å². The van der Waals surface area contributed by atoms with Crippen molar-refractivity contribution in [3.63, 3.8) is 0 Å². The van der Waals surface area contributed by atoms with E-state index in [2.05, 4.69) is 0 Å². The molecule has 1 aromatic heterocycles. The zero-order chi connectivity index (χ0) is 12.0. The van der Waals surface area contributed by atoms with Crippen molar-refractivity contribution in [1.29, 1.82) is 0 Å². The lowest BCUT2D eigenvalue weighted by atomic mass is 9.99. The van der Waals surface area contributed by atoms with E-state index >= 15 is 0 Å². The van der Waals surface area contributed by atoms with Crippen LogP contribution in [0.3, 0.4) is 0 Å². The van der Waals surface area contributed by atoms with Crippen LogP contribution >= 0.6 is 11.3 Å². The van der Waals surface area contributed by atoms with Crippen molar-refractivity contribution in [2.24, 2.45) is 0 Å². The Labute approximate surface area is 103 Å². The molecule has 2 atom stereocenters. The molecule has 0 aliphatic carbocycles. The van der Waals surface area contributed by atoms with Crippen LogP contribution in [0.1, 0.15) is 36.3 Å². The SMILES string of the molecule is CC(=O)O[C@@H]1c2sccc2CN2C(=O)CC[C@@H]12. The van der Waals surface area contributed by atoms with Crippen LogP contribution < -0.4 is 0 Å². The van der Waals surface area contributed by atoms with E-state index in [9.17, 15) is 9.59 Å². The Morgan fingerprint density at radius 1 is 1.59 bits per heavy atom. The Kier molecular flexibility index (Phi) is 2.43. The van der Waals surface area contributed by atoms with Gasteiger partial charge >= 0.3 is 5.97 Å². The van der Waals surface area contributed by atoms with Gasteiger partial charge in [-0.1, -0.05) is 0 Å². The lowest BCUT2D eigenvalue weighted by molar-refractivity contribution is -0.153. The van der Waals surface area contributed by atoms with Gasteiger partial charge in [-0.05, 0) is 23.4 Å². The monoisotopic (exact) mass is 251 g/mol. The first-order valence-corrected chi connectivity index (χ1v) is 6.57. The third-order valence-corrected chi connectivity index (χ3v) is 4.42. The number of rotatable bonds is 1.